The SMILES string of the molecule is Cc1nc(C(=O)N[C@H](C)/C=C/S(C)(=O)=O)ncc1O[C@H](c1ccccc1Cl)C(C)C. The summed E-state index contributed by atoms with van der Waals surface area (Å²) in [6.07, 6.45) is 3.62. The first-order valence-corrected chi connectivity index (χ1v) is 11.7. The Labute approximate surface area is 182 Å². The van der Waals surface area contributed by atoms with Gasteiger partial charge in [0, 0.05) is 28.3 Å². The third-order valence-corrected chi connectivity index (χ3v) is 5.18. The molecule has 2 aromatic rings. The fraction of sp³-hybridized carbons (Fsp3) is 0.381. The lowest BCUT2D eigenvalue weighted by molar-refractivity contribution is 0.0935. The van der Waals surface area contributed by atoms with Crippen molar-refractivity contribution in [2.45, 2.75) is 39.8 Å². The fourth-order valence-corrected chi connectivity index (χ4v) is 3.43. The van der Waals surface area contributed by atoms with E-state index in [-0.39, 0.29) is 17.8 Å². The lowest BCUT2D eigenvalue weighted by Gasteiger charge is -2.24. The van der Waals surface area contributed by atoms with Gasteiger partial charge in [-0.3, -0.25) is 4.79 Å². The molecule has 0 saturated heterocycles. The molecular formula is C21H26ClN3O4S. The number of benzene rings is 1. The number of aromatic nitrogens is 2. The predicted molar refractivity (Wildman–Crippen MR) is 117 cm³/mol. The number of sulfone groups is 1. The molecule has 2 atom stereocenters. The molecule has 30 heavy (non-hydrogen) atoms. The summed E-state index contributed by atoms with van der Waals surface area (Å²) in [4.78, 5) is 20.7. The van der Waals surface area contributed by atoms with Crippen LogP contribution in [0.15, 0.2) is 41.9 Å². The minimum Gasteiger partial charge on any atom is -0.482 e. The van der Waals surface area contributed by atoms with Gasteiger partial charge in [-0.2, -0.15) is 0 Å². The van der Waals surface area contributed by atoms with E-state index in [2.05, 4.69) is 15.3 Å². The van der Waals surface area contributed by atoms with E-state index in [1.165, 1.54) is 12.3 Å². The zero-order valence-corrected chi connectivity index (χ0v) is 19.2. The molecular weight excluding hydrogens is 426 g/mol. The quantitative estimate of drug-likeness (QED) is 0.653. The number of halogens is 1. The van der Waals surface area contributed by atoms with Crippen LogP contribution in [0.5, 0.6) is 5.75 Å². The molecule has 1 aromatic carbocycles. The Balaban J connectivity index is 2.17. The number of ether oxygens (including phenoxy) is 1. The molecule has 0 aliphatic carbocycles. The predicted octanol–water partition coefficient (Wildman–Crippen LogP) is 3.89. The van der Waals surface area contributed by atoms with Gasteiger partial charge in [-0.05, 0) is 25.8 Å². The van der Waals surface area contributed by atoms with Crippen molar-refractivity contribution in [1.29, 1.82) is 0 Å². The maximum Gasteiger partial charge on any atom is 0.289 e. The number of hydrogen-bond acceptors (Lipinski definition) is 6. The van der Waals surface area contributed by atoms with E-state index in [0.717, 1.165) is 17.2 Å². The van der Waals surface area contributed by atoms with Gasteiger partial charge >= 0.3 is 0 Å². The van der Waals surface area contributed by atoms with Crippen molar-refractivity contribution in [3.05, 3.63) is 64.1 Å². The topological polar surface area (TPSA) is 98.2 Å². The molecule has 1 amide bonds. The lowest BCUT2D eigenvalue weighted by Crippen LogP contribution is -2.32. The van der Waals surface area contributed by atoms with Crippen LogP contribution in [0.1, 0.15) is 48.8 Å². The van der Waals surface area contributed by atoms with Crippen molar-refractivity contribution in [2.24, 2.45) is 5.92 Å². The molecule has 9 heteroatoms. The summed E-state index contributed by atoms with van der Waals surface area (Å²) < 4.78 is 28.5. The summed E-state index contributed by atoms with van der Waals surface area (Å²) in [6, 6.07) is 6.98. The number of nitrogens with one attached hydrogen (secondary N) is 1. The van der Waals surface area contributed by atoms with Gasteiger partial charge < -0.3 is 10.1 Å². The Morgan fingerprint density at radius 3 is 2.47 bits per heavy atom. The minimum absolute atomic E-state index is 0.0294. The summed E-state index contributed by atoms with van der Waals surface area (Å²) in [5, 5.41) is 4.29. The Morgan fingerprint density at radius 2 is 1.90 bits per heavy atom. The van der Waals surface area contributed by atoms with Gasteiger partial charge in [0.25, 0.3) is 5.91 Å². The maximum atomic E-state index is 12.4. The van der Waals surface area contributed by atoms with Gasteiger partial charge in [0.2, 0.25) is 5.82 Å². The molecule has 0 aliphatic heterocycles. The van der Waals surface area contributed by atoms with Crippen molar-refractivity contribution in [2.75, 3.05) is 6.26 Å². The molecule has 0 fully saturated rings. The van der Waals surface area contributed by atoms with Gasteiger partial charge in [-0.1, -0.05) is 49.7 Å². The number of aryl methyl sites for hydroxylation is 1. The second-order valence-electron chi connectivity index (χ2n) is 7.37. The number of carbonyl (C=O) groups is 1. The molecule has 1 N–H and O–H groups in total. The van der Waals surface area contributed by atoms with Crippen LogP contribution in [0.4, 0.5) is 0 Å². The van der Waals surface area contributed by atoms with Gasteiger partial charge in [0.1, 0.15) is 6.10 Å². The van der Waals surface area contributed by atoms with Crippen molar-refractivity contribution < 1.29 is 17.9 Å². The molecule has 7 nitrogen and oxygen atoms in total. The van der Waals surface area contributed by atoms with Crippen LogP contribution in [0.2, 0.25) is 5.02 Å². The Bertz CT molecular complexity index is 1040. The number of nitrogens with zero attached hydrogens (tertiary/aromatic N) is 2. The average Bonchev–Trinajstić information content (AvgIpc) is 2.65. The first-order chi connectivity index (χ1) is 14.0. The van der Waals surface area contributed by atoms with Crippen LogP contribution in [0.25, 0.3) is 0 Å². The van der Waals surface area contributed by atoms with Crippen LogP contribution in [0, 0.1) is 12.8 Å². The highest BCUT2D eigenvalue weighted by atomic mass is 35.5. The van der Waals surface area contributed by atoms with Crippen LogP contribution >= 0.6 is 11.6 Å². The average molecular weight is 452 g/mol. The van der Waals surface area contributed by atoms with E-state index in [9.17, 15) is 13.2 Å². The molecule has 0 saturated carbocycles. The molecule has 0 spiro atoms. The number of amides is 1. The first-order valence-electron chi connectivity index (χ1n) is 9.41. The third kappa shape index (κ3) is 6.81. The molecule has 0 bridgehead atoms. The van der Waals surface area contributed by atoms with Crippen molar-refractivity contribution in [3.8, 4) is 5.75 Å². The second-order valence-corrected chi connectivity index (χ2v) is 9.71. The summed E-state index contributed by atoms with van der Waals surface area (Å²) >= 11 is 6.33. The first kappa shape index (κ1) is 23.8. The normalized spacial score (nSPS) is 14.0. The summed E-state index contributed by atoms with van der Waals surface area (Å²) in [5.74, 6) is 0.0463. The van der Waals surface area contributed by atoms with E-state index in [0.29, 0.717) is 16.5 Å². The van der Waals surface area contributed by atoms with Gasteiger partial charge in [0.05, 0.1) is 11.9 Å². The van der Waals surface area contributed by atoms with Gasteiger partial charge in [0.15, 0.2) is 15.6 Å². The number of carbonyl (C=O) groups excluding carboxylic acids is 1. The maximum absolute atomic E-state index is 12.4. The Morgan fingerprint density at radius 1 is 1.23 bits per heavy atom. The monoisotopic (exact) mass is 451 g/mol. The molecule has 0 unspecified atom stereocenters. The third-order valence-electron chi connectivity index (χ3n) is 4.18. The molecule has 1 heterocycles. The van der Waals surface area contributed by atoms with Crippen molar-refractivity contribution in [1.82, 2.24) is 15.3 Å². The minimum atomic E-state index is -3.27. The van der Waals surface area contributed by atoms with E-state index in [1.54, 1.807) is 13.8 Å². The largest absolute Gasteiger partial charge is 0.482 e. The van der Waals surface area contributed by atoms with Crippen LogP contribution < -0.4 is 10.1 Å². The van der Waals surface area contributed by atoms with Crippen molar-refractivity contribution in [3.63, 3.8) is 0 Å². The summed E-state index contributed by atoms with van der Waals surface area (Å²) in [6.45, 7) is 7.43. The lowest BCUT2D eigenvalue weighted by atomic mass is 9.99. The van der Waals surface area contributed by atoms with Crippen LogP contribution in [-0.4, -0.2) is 36.6 Å². The smallest absolute Gasteiger partial charge is 0.289 e. The fourth-order valence-electron chi connectivity index (χ4n) is 2.66. The van der Waals surface area contributed by atoms with Crippen molar-refractivity contribution >= 4 is 27.3 Å². The van der Waals surface area contributed by atoms with E-state index >= 15 is 0 Å². The number of hydrogen-bond donors (Lipinski definition) is 1. The molecule has 162 valence electrons. The van der Waals surface area contributed by atoms with Crippen LogP contribution in [0.3, 0.4) is 0 Å². The highest BCUT2D eigenvalue weighted by molar-refractivity contribution is 7.93. The Hall–Kier alpha value is -2.45. The second kappa shape index (κ2) is 10.0. The highest BCUT2D eigenvalue weighted by Crippen LogP contribution is 2.33. The zero-order chi connectivity index (χ0) is 22.5. The van der Waals surface area contributed by atoms with E-state index in [4.69, 9.17) is 16.3 Å². The van der Waals surface area contributed by atoms with Gasteiger partial charge in [-0.15, -0.1) is 0 Å². The summed E-state index contributed by atoms with van der Waals surface area (Å²) in [7, 11) is -3.27. The molecule has 2 rings (SSSR count). The Kier molecular flexibility index (Phi) is 7.97. The van der Waals surface area contributed by atoms with Crippen LogP contribution in [-0.2, 0) is 9.84 Å². The highest BCUT2D eigenvalue weighted by Gasteiger charge is 2.22. The zero-order valence-electron chi connectivity index (χ0n) is 17.6. The van der Waals surface area contributed by atoms with Gasteiger partial charge in [-0.25, -0.2) is 18.4 Å². The molecule has 0 aliphatic rings. The molecule has 0 radical (unpaired) electrons. The van der Waals surface area contributed by atoms with E-state index in [1.807, 2.05) is 38.1 Å². The summed E-state index contributed by atoms with van der Waals surface area (Å²) in [5.41, 5.74) is 1.37. The molecule has 1 aromatic heterocycles. The number of rotatable bonds is 8. The van der Waals surface area contributed by atoms with E-state index < -0.39 is 21.8 Å². The standard InChI is InChI=1S/C21H26ClN3O4S/c1-13(2)19(16-8-6-7-9-17(16)22)29-18-12-23-20(25-15(18)4)21(26)24-14(3)10-11-30(5,27)28/h6-14,19H,1-5H3,(H,24,26)/b11-10+/t14-,19+/m1/s1.